The van der Waals surface area contributed by atoms with Gasteiger partial charge in [0.25, 0.3) is 0 Å². The number of hydrogen-bond acceptors (Lipinski definition) is 4. The number of carbonyl (C=O) groups excluding carboxylic acids is 1. The smallest absolute Gasteiger partial charge is 0.309 e. The van der Waals surface area contributed by atoms with Gasteiger partial charge in [-0.15, -0.1) is 0 Å². The van der Waals surface area contributed by atoms with Crippen molar-refractivity contribution in [1.29, 1.82) is 0 Å². The zero-order valence-electron chi connectivity index (χ0n) is 10.0. The molecule has 100 valence electrons. The zero-order valence-corrected chi connectivity index (χ0v) is 10.0. The summed E-state index contributed by atoms with van der Waals surface area (Å²) in [6.45, 7) is -1.39. The molecule has 1 unspecified atom stereocenters. The molecule has 0 fully saturated rings. The largest absolute Gasteiger partial charge is 0.461 e. The van der Waals surface area contributed by atoms with E-state index in [0.29, 0.717) is 0 Å². The van der Waals surface area contributed by atoms with Crippen LogP contribution in [0.3, 0.4) is 0 Å². The predicted octanol–water partition coefficient (Wildman–Crippen LogP) is 1.20. The Morgan fingerprint density at radius 3 is 2.56 bits per heavy atom. The zero-order chi connectivity index (χ0) is 13.4. The second kappa shape index (κ2) is 7.08. The van der Waals surface area contributed by atoms with E-state index >= 15 is 0 Å². The summed E-state index contributed by atoms with van der Waals surface area (Å²) < 4.78 is 17.5. The number of alkyl halides is 1. The summed E-state index contributed by atoms with van der Waals surface area (Å²) in [6.07, 6.45) is -0.652. The third-order valence-corrected chi connectivity index (χ3v) is 2.54. The molecular formula is C13H17FO4. The van der Waals surface area contributed by atoms with Crippen molar-refractivity contribution in [3.05, 3.63) is 35.9 Å². The van der Waals surface area contributed by atoms with E-state index in [1.54, 1.807) is 12.1 Å². The van der Waals surface area contributed by atoms with Crippen LogP contribution in [0.2, 0.25) is 0 Å². The van der Waals surface area contributed by atoms with Gasteiger partial charge in [0.2, 0.25) is 0 Å². The van der Waals surface area contributed by atoms with Crippen LogP contribution in [0.5, 0.6) is 0 Å². The number of esters is 1. The highest BCUT2D eigenvalue weighted by Crippen LogP contribution is 2.17. The molecule has 2 N–H and O–H groups in total. The summed E-state index contributed by atoms with van der Waals surface area (Å²) in [5, 5.41) is 18.3. The number of aliphatic hydroxyl groups excluding tert-OH is 1. The molecule has 5 heteroatoms. The first-order chi connectivity index (χ1) is 8.59. The number of rotatable bonds is 7. The Morgan fingerprint density at radius 2 is 2.00 bits per heavy atom. The maximum Gasteiger partial charge on any atom is 0.309 e. The first-order valence-corrected chi connectivity index (χ1v) is 5.68. The van der Waals surface area contributed by atoms with Crippen molar-refractivity contribution in [3.8, 4) is 0 Å². The van der Waals surface area contributed by atoms with Gasteiger partial charge in [-0.05, 0) is 5.56 Å². The first kappa shape index (κ1) is 14.6. The van der Waals surface area contributed by atoms with Crippen LogP contribution in [0.15, 0.2) is 30.3 Å². The van der Waals surface area contributed by atoms with Gasteiger partial charge in [0.15, 0.2) is 0 Å². The topological polar surface area (TPSA) is 66.8 Å². The minimum absolute atomic E-state index is 0.0845. The van der Waals surface area contributed by atoms with E-state index < -0.39 is 24.7 Å². The standard InChI is InChI=1S/C13H17FO4/c14-10-13(17,6-7-15)8-12(16)18-9-11-4-2-1-3-5-11/h1-5,15,17H,6-10H2. The highest BCUT2D eigenvalue weighted by molar-refractivity contribution is 5.70. The van der Waals surface area contributed by atoms with Gasteiger partial charge in [-0.3, -0.25) is 4.79 Å². The lowest BCUT2D eigenvalue weighted by atomic mass is 9.98. The lowest BCUT2D eigenvalue weighted by Crippen LogP contribution is -2.35. The van der Waals surface area contributed by atoms with E-state index in [1.807, 2.05) is 18.2 Å². The summed E-state index contributed by atoms with van der Waals surface area (Å²) in [5.41, 5.74) is -1.01. The Kier molecular flexibility index (Phi) is 5.74. The van der Waals surface area contributed by atoms with E-state index in [1.165, 1.54) is 0 Å². The fourth-order valence-electron chi connectivity index (χ4n) is 1.47. The number of ether oxygens (including phenoxy) is 1. The normalized spacial score (nSPS) is 13.9. The molecule has 1 atom stereocenters. The Labute approximate surface area is 105 Å². The Bertz CT molecular complexity index is 369. The molecule has 0 aliphatic rings. The summed E-state index contributed by atoms with van der Waals surface area (Å²) in [7, 11) is 0. The van der Waals surface area contributed by atoms with Crippen molar-refractivity contribution < 1.29 is 24.1 Å². The molecule has 0 saturated carbocycles. The van der Waals surface area contributed by atoms with E-state index in [-0.39, 0.29) is 19.6 Å². The molecule has 0 aliphatic heterocycles. The van der Waals surface area contributed by atoms with Gasteiger partial charge >= 0.3 is 5.97 Å². The van der Waals surface area contributed by atoms with Gasteiger partial charge < -0.3 is 14.9 Å². The van der Waals surface area contributed by atoms with Crippen molar-refractivity contribution in [2.75, 3.05) is 13.3 Å². The van der Waals surface area contributed by atoms with Crippen LogP contribution in [0, 0.1) is 0 Å². The molecule has 0 spiro atoms. The van der Waals surface area contributed by atoms with Gasteiger partial charge in [-0.2, -0.15) is 0 Å². The van der Waals surface area contributed by atoms with Gasteiger partial charge in [-0.25, -0.2) is 4.39 Å². The maximum absolute atomic E-state index is 12.6. The summed E-state index contributed by atoms with van der Waals surface area (Å²) in [6, 6.07) is 9.05. The monoisotopic (exact) mass is 256 g/mol. The summed E-state index contributed by atoms with van der Waals surface area (Å²) >= 11 is 0. The van der Waals surface area contributed by atoms with Gasteiger partial charge in [0, 0.05) is 13.0 Å². The molecule has 0 aliphatic carbocycles. The molecule has 0 amide bonds. The van der Waals surface area contributed by atoms with E-state index in [0.717, 1.165) is 5.56 Å². The highest BCUT2D eigenvalue weighted by atomic mass is 19.1. The molecule has 4 nitrogen and oxygen atoms in total. The van der Waals surface area contributed by atoms with Gasteiger partial charge in [-0.1, -0.05) is 30.3 Å². The number of hydrogen-bond donors (Lipinski definition) is 2. The Morgan fingerprint density at radius 1 is 1.33 bits per heavy atom. The number of aliphatic hydroxyl groups is 2. The lowest BCUT2D eigenvalue weighted by molar-refractivity contribution is -0.151. The molecule has 1 aromatic carbocycles. The predicted molar refractivity (Wildman–Crippen MR) is 63.5 cm³/mol. The Balaban J connectivity index is 2.41. The second-order valence-electron chi connectivity index (χ2n) is 4.15. The van der Waals surface area contributed by atoms with Crippen LogP contribution >= 0.6 is 0 Å². The van der Waals surface area contributed by atoms with Crippen LogP contribution < -0.4 is 0 Å². The summed E-state index contributed by atoms with van der Waals surface area (Å²) in [5.74, 6) is -0.688. The van der Waals surface area contributed by atoms with E-state index in [4.69, 9.17) is 9.84 Å². The fourth-order valence-corrected chi connectivity index (χ4v) is 1.47. The number of benzene rings is 1. The van der Waals surface area contributed by atoms with Crippen molar-refractivity contribution in [2.45, 2.75) is 25.0 Å². The molecule has 0 heterocycles. The molecule has 1 aromatic rings. The third-order valence-electron chi connectivity index (χ3n) is 2.54. The fraction of sp³-hybridized carbons (Fsp3) is 0.462. The average molecular weight is 256 g/mol. The number of carbonyl (C=O) groups is 1. The lowest BCUT2D eigenvalue weighted by Gasteiger charge is -2.22. The van der Waals surface area contributed by atoms with Gasteiger partial charge in [0.1, 0.15) is 18.9 Å². The first-order valence-electron chi connectivity index (χ1n) is 5.68. The second-order valence-corrected chi connectivity index (χ2v) is 4.15. The third kappa shape index (κ3) is 4.81. The highest BCUT2D eigenvalue weighted by Gasteiger charge is 2.30. The average Bonchev–Trinajstić information content (AvgIpc) is 2.38. The molecule has 0 radical (unpaired) electrons. The minimum atomic E-state index is -1.83. The molecule has 0 bridgehead atoms. The Hall–Kier alpha value is -1.46. The molecular weight excluding hydrogens is 239 g/mol. The molecule has 18 heavy (non-hydrogen) atoms. The maximum atomic E-state index is 12.6. The van der Waals surface area contributed by atoms with Crippen molar-refractivity contribution in [1.82, 2.24) is 0 Å². The quantitative estimate of drug-likeness (QED) is 0.719. The molecule has 0 saturated heterocycles. The van der Waals surface area contributed by atoms with Crippen molar-refractivity contribution in [2.24, 2.45) is 0 Å². The van der Waals surface area contributed by atoms with E-state index in [9.17, 15) is 14.3 Å². The van der Waals surface area contributed by atoms with Gasteiger partial charge in [0.05, 0.1) is 6.42 Å². The molecule has 0 aromatic heterocycles. The van der Waals surface area contributed by atoms with Crippen molar-refractivity contribution >= 4 is 5.97 Å². The van der Waals surface area contributed by atoms with Crippen LogP contribution in [-0.4, -0.2) is 35.1 Å². The van der Waals surface area contributed by atoms with Crippen LogP contribution in [-0.2, 0) is 16.1 Å². The number of halogens is 1. The summed E-state index contributed by atoms with van der Waals surface area (Å²) in [4.78, 5) is 11.4. The molecule has 1 rings (SSSR count). The van der Waals surface area contributed by atoms with Crippen molar-refractivity contribution in [3.63, 3.8) is 0 Å². The van der Waals surface area contributed by atoms with Crippen LogP contribution in [0.25, 0.3) is 0 Å². The SMILES string of the molecule is O=C(CC(O)(CF)CCO)OCc1ccccc1. The van der Waals surface area contributed by atoms with Crippen LogP contribution in [0.1, 0.15) is 18.4 Å². The van der Waals surface area contributed by atoms with Crippen LogP contribution in [0.4, 0.5) is 4.39 Å². The van der Waals surface area contributed by atoms with E-state index in [2.05, 4.69) is 0 Å². The minimum Gasteiger partial charge on any atom is -0.461 e.